The van der Waals surface area contributed by atoms with Gasteiger partial charge in [0.2, 0.25) is 0 Å². The van der Waals surface area contributed by atoms with E-state index < -0.39 is 0 Å². The molecule has 0 radical (unpaired) electrons. The third-order valence-electron chi connectivity index (χ3n) is 2.71. The van der Waals surface area contributed by atoms with E-state index >= 15 is 0 Å². The van der Waals surface area contributed by atoms with Crippen LogP contribution in [0.3, 0.4) is 0 Å². The quantitative estimate of drug-likeness (QED) is 0.620. The van der Waals surface area contributed by atoms with Crippen molar-refractivity contribution in [1.29, 1.82) is 0 Å². The highest BCUT2D eigenvalue weighted by atomic mass is 79.9. The van der Waals surface area contributed by atoms with Crippen LogP contribution in [0.2, 0.25) is 5.02 Å². The lowest BCUT2D eigenvalue weighted by atomic mass is 10.2. The first-order chi connectivity index (χ1) is 10.1. The molecule has 0 fully saturated rings. The molecule has 0 amide bonds. The first-order valence-corrected chi connectivity index (χ1v) is 7.27. The maximum atomic E-state index is 5.83. The zero-order chi connectivity index (χ0) is 15.2. The fourth-order valence-electron chi connectivity index (χ4n) is 1.76. The van der Waals surface area contributed by atoms with Gasteiger partial charge in [-0.05, 0) is 36.4 Å². The molecule has 0 spiro atoms. The Labute approximate surface area is 136 Å². The van der Waals surface area contributed by atoms with E-state index in [0.29, 0.717) is 16.5 Å². The van der Waals surface area contributed by atoms with E-state index in [4.69, 9.17) is 21.1 Å². The zero-order valence-corrected chi connectivity index (χ0v) is 13.9. The van der Waals surface area contributed by atoms with Crippen molar-refractivity contribution in [3.05, 3.63) is 51.5 Å². The van der Waals surface area contributed by atoms with Crippen molar-refractivity contribution < 1.29 is 9.47 Å². The van der Waals surface area contributed by atoms with Gasteiger partial charge in [0.1, 0.15) is 0 Å². The Morgan fingerprint density at radius 2 is 1.86 bits per heavy atom. The van der Waals surface area contributed by atoms with Gasteiger partial charge >= 0.3 is 0 Å². The van der Waals surface area contributed by atoms with E-state index in [0.717, 1.165) is 15.7 Å². The van der Waals surface area contributed by atoms with E-state index in [9.17, 15) is 0 Å². The first kappa shape index (κ1) is 15.7. The van der Waals surface area contributed by atoms with Crippen molar-refractivity contribution in [2.24, 2.45) is 5.10 Å². The Morgan fingerprint density at radius 1 is 1.14 bits per heavy atom. The number of rotatable bonds is 5. The number of hydrazone groups is 1. The molecule has 4 nitrogen and oxygen atoms in total. The van der Waals surface area contributed by atoms with Gasteiger partial charge in [-0.3, -0.25) is 5.43 Å². The van der Waals surface area contributed by atoms with Crippen LogP contribution in [-0.2, 0) is 0 Å². The summed E-state index contributed by atoms with van der Waals surface area (Å²) in [6.45, 7) is 0. The van der Waals surface area contributed by atoms with Gasteiger partial charge in [0, 0.05) is 15.1 Å². The van der Waals surface area contributed by atoms with Crippen LogP contribution in [0.25, 0.3) is 0 Å². The van der Waals surface area contributed by atoms with Crippen molar-refractivity contribution >= 4 is 39.4 Å². The van der Waals surface area contributed by atoms with Gasteiger partial charge in [-0.15, -0.1) is 0 Å². The Balaban J connectivity index is 2.20. The second-order valence-corrected chi connectivity index (χ2v) is 5.46. The lowest BCUT2D eigenvalue weighted by Gasteiger charge is -2.10. The normalized spacial score (nSPS) is 10.7. The Bertz CT molecular complexity index is 645. The molecule has 2 aromatic rings. The summed E-state index contributed by atoms with van der Waals surface area (Å²) in [6, 6.07) is 11.0. The van der Waals surface area contributed by atoms with Crippen molar-refractivity contribution in [3.63, 3.8) is 0 Å². The van der Waals surface area contributed by atoms with Gasteiger partial charge in [-0.2, -0.15) is 5.10 Å². The molecule has 1 N–H and O–H groups in total. The molecule has 2 aromatic carbocycles. The van der Waals surface area contributed by atoms with Gasteiger partial charge in [-0.1, -0.05) is 27.5 Å². The number of ether oxygens (including phenoxy) is 2. The molecule has 0 saturated carbocycles. The maximum Gasteiger partial charge on any atom is 0.169 e. The number of anilines is 1. The molecule has 6 heteroatoms. The van der Waals surface area contributed by atoms with Crippen LogP contribution >= 0.6 is 27.5 Å². The third-order valence-corrected chi connectivity index (χ3v) is 3.42. The lowest BCUT2D eigenvalue weighted by Crippen LogP contribution is -1.97. The van der Waals surface area contributed by atoms with Crippen LogP contribution in [0.4, 0.5) is 5.69 Å². The molecule has 21 heavy (non-hydrogen) atoms. The number of halogens is 2. The van der Waals surface area contributed by atoms with Crippen molar-refractivity contribution in [2.45, 2.75) is 0 Å². The zero-order valence-electron chi connectivity index (χ0n) is 11.6. The number of hydrogen-bond acceptors (Lipinski definition) is 4. The van der Waals surface area contributed by atoms with Gasteiger partial charge < -0.3 is 9.47 Å². The Morgan fingerprint density at radius 3 is 2.48 bits per heavy atom. The number of nitrogens with one attached hydrogen (secondary N) is 1. The second-order valence-electron chi connectivity index (χ2n) is 4.11. The predicted octanol–water partition coefficient (Wildman–Crippen LogP) is 4.57. The maximum absolute atomic E-state index is 5.83. The molecular formula is C15H14BrClN2O2. The molecule has 0 bridgehead atoms. The van der Waals surface area contributed by atoms with E-state index in [2.05, 4.69) is 26.5 Å². The second kappa shape index (κ2) is 7.33. The molecule has 0 unspecified atom stereocenters. The molecule has 0 saturated heterocycles. The molecule has 0 heterocycles. The van der Waals surface area contributed by atoms with Crippen molar-refractivity contribution in [2.75, 3.05) is 19.6 Å². The molecule has 2 rings (SSSR count). The summed E-state index contributed by atoms with van der Waals surface area (Å²) in [5.41, 5.74) is 4.57. The largest absolute Gasteiger partial charge is 0.493 e. The summed E-state index contributed by atoms with van der Waals surface area (Å²) in [6.07, 6.45) is 1.67. The molecule has 0 aliphatic carbocycles. The smallest absolute Gasteiger partial charge is 0.169 e. The highest BCUT2D eigenvalue weighted by Crippen LogP contribution is 2.33. The SMILES string of the molecule is COc1cc(Br)cc(/C=N/Nc2ccc(Cl)cc2)c1OC. The standard InChI is InChI=1S/C15H14BrClN2O2/c1-20-14-8-11(16)7-10(15(14)21-2)9-18-19-13-5-3-12(17)4-6-13/h3-9,19H,1-2H3/b18-9+. The van der Waals surface area contributed by atoms with Crippen molar-refractivity contribution in [3.8, 4) is 11.5 Å². The number of methoxy groups -OCH3 is 2. The van der Waals surface area contributed by atoms with Crippen LogP contribution in [0.1, 0.15) is 5.56 Å². The molecule has 0 aliphatic heterocycles. The molecule has 0 atom stereocenters. The monoisotopic (exact) mass is 368 g/mol. The number of benzene rings is 2. The van der Waals surface area contributed by atoms with Crippen molar-refractivity contribution in [1.82, 2.24) is 0 Å². The fourth-order valence-corrected chi connectivity index (χ4v) is 2.34. The summed E-state index contributed by atoms with van der Waals surface area (Å²) in [5, 5.41) is 4.88. The summed E-state index contributed by atoms with van der Waals surface area (Å²) < 4.78 is 11.5. The van der Waals surface area contributed by atoms with Crippen LogP contribution in [-0.4, -0.2) is 20.4 Å². The molecular weight excluding hydrogens is 356 g/mol. The van der Waals surface area contributed by atoms with Gasteiger partial charge in [0.25, 0.3) is 0 Å². The summed E-state index contributed by atoms with van der Waals surface area (Å²) in [4.78, 5) is 0. The Hall–Kier alpha value is -1.72. The Kier molecular flexibility index (Phi) is 5.47. The summed E-state index contributed by atoms with van der Waals surface area (Å²) in [7, 11) is 3.19. The third kappa shape index (κ3) is 4.12. The van der Waals surface area contributed by atoms with Crippen LogP contribution in [0, 0.1) is 0 Å². The number of hydrogen-bond donors (Lipinski definition) is 1. The molecule has 0 aliphatic rings. The van der Waals surface area contributed by atoms with Crippen LogP contribution < -0.4 is 14.9 Å². The van der Waals surface area contributed by atoms with Gasteiger partial charge in [0.15, 0.2) is 11.5 Å². The van der Waals surface area contributed by atoms with Crippen LogP contribution in [0.5, 0.6) is 11.5 Å². The number of nitrogens with zero attached hydrogens (tertiary/aromatic N) is 1. The van der Waals surface area contributed by atoms with E-state index in [1.807, 2.05) is 24.3 Å². The predicted molar refractivity (Wildman–Crippen MR) is 89.9 cm³/mol. The fraction of sp³-hybridized carbons (Fsp3) is 0.133. The first-order valence-electron chi connectivity index (χ1n) is 6.10. The minimum atomic E-state index is 0.627. The molecule has 0 aromatic heterocycles. The topological polar surface area (TPSA) is 42.8 Å². The van der Waals surface area contributed by atoms with E-state index in [1.54, 1.807) is 32.6 Å². The average molecular weight is 370 g/mol. The highest BCUT2D eigenvalue weighted by molar-refractivity contribution is 9.10. The van der Waals surface area contributed by atoms with E-state index in [-0.39, 0.29) is 0 Å². The van der Waals surface area contributed by atoms with Crippen LogP contribution in [0.15, 0.2) is 46.0 Å². The van der Waals surface area contributed by atoms with E-state index in [1.165, 1.54) is 0 Å². The van der Waals surface area contributed by atoms with Gasteiger partial charge in [-0.25, -0.2) is 0 Å². The summed E-state index contributed by atoms with van der Waals surface area (Å²) in [5.74, 6) is 1.27. The highest BCUT2D eigenvalue weighted by Gasteiger charge is 2.10. The minimum absolute atomic E-state index is 0.627. The molecule has 110 valence electrons. The average Bonchev–Trinajstić information content (AvgIpc) is 2.48. The minimum Gasteiger partial charge on any atom is -0.493 e. The lowest BCUT2D eigenvalue weighted by molar-refractivity contribution is 0.354. The van der Waals surface area contributed by atoms with Gasteiger partial charge in [0.05, 0.1) is 26.1 Å². The summed E-state index contributed by atoms with van der Waals surface area (Å²) >= 11 is 9.26.